The summed E-state index contributed by atoms with van der Waals surface area (Å²) in [6.45, 7) is 11.4. The van der Waals surface area contributed by atoms with Gasteiger partial charge in [0, 0.05) is 16.0 Å². The smallest absolute Gasteiger partial charge is 0.409 e. The summed E-state index contributed by atoms with van der Waals surface area (Å²) in [5.41, 5.74) is 4.86. The van der Waals surface area contributed by atoms with E-state index in [1.54, 1.807) is 44.2 Å². The predicted molar refractivity (Wildman–Crippen MR) is 149 cm³/mol. The lowest BCUT2D eigenvalue weighted by molar-refractivity contribution is 0.0503. The fraction of sp³-hybridized carbons (Fsp3) is 0.276. The van der Waals surface area contributed by atoms with Gasteiger partial charge in [0.15, 0.2) is 12.0 Å². The second-order valence-corrected chi connectivity index (χ2v) is 11.6. The van der Waals surface area contributed by atoms with Crippen LogP contribution in [0.15, 0.2) is 47.5 Å². The number of phenols is 1. The van der Waals surface area contributed by atoms with Crippen molar-refractivity contribution in [2.45, 2.75) is 53.3 Å². The van der Waals surface area contributed by atoms with Gasteiger partial charge in [-0.3, -0.25) is 14.9 Å². The van der Waals surface area contributed by atoms with Gasteiger partial charge in [-0.2, -0.15) is 5.26 Å². The van der Waals surface area contributed by atoms with Gasteiger partial charge in [0.05, 0.1) is 11.3 Å². The van der Waals surface area contributed by atoms with Gasteiger partial charge in [-0.15, -0.1) is 21.5 Å². The molecule has 0 bridgehead atoms. The molecule has 5 rings (SSSR count). The number of aromatic hydroxyl groups is 1. The van der Waals surface area contributed by atoms with Crippen molar-refractivity contribution in [3.8, 4) is 27.9 Å². The van der Waals surface area contributed by atoms with Gasteiger partial charge in [0.25, 0.3) is 0 Å². The first-order valence-corrected chi connectivity index (χ1v) is 13.2. The van der Waals surface area contributed by atoms with E-state index in [-0.39, 0.29) is 11.3 Å². The van der Waals surface area contributed by atoms with Gasteiger partial charge in [-0.25, -0.2) is 4.79 Å². The van der Waals surface area contributed by atoms with Gasteiger partial charge in [-0.05, 0) is 70.4 Å². The van der Waals surface area contributed by atoms with Gasteiger partial charge >= 0.3 is 6.09 Å². The first kappa shape index (κ1) is 26.1. The highest BCUT2D eigenvalue weighted by molar-refractivity contribution is 7.15. The normalized spacial score (nSPS) is 14.5. The van der Waals surface area contributed by atoms with Crippen molar-refractivity contribution >= 4 is 23.1 Å². The van der Waals surface area contributed by atoms with Gasteiger partial charge in [0.1, 0.15) is 28.2 Å². The zero-order chi connectivity index (χ0) is 28.1. The molecule has 39 heavy (non-hydrogen) atoms. The fourth-order valence-corrected chi connectivity index (χ4v) is 5.68. The Kier molecular flexibility index (Phi) is 6.48. The number of carbonyl (C=O) groups excluding carboxylic acids is 1. The highest BCUT2D eigenvalue weighted by atomic mass is 32.1. The summed E-state index contributed by atoms with van der Waals surface area (Å²) in [5, 5.41) is 31.7. The van der Waals surface area contributed by atoms with Crippen LogP contribution >= 0.6 is 11.3 Å². The average Bonchev–Trinajstić information content (AvgIpc) is 3.35. The number of aryl methyl sites for hydroxylation is 2. The molecule has 0 spiro atoms. The number of ether oxygens (including phenoxy) is 1. The number of fused-ring (bicyclic) bond motifs is 3. The molecule has 0 saturated heterocycles. The molecule has 1 aliphatic rings. The number of amides is 1. The number of hydrogen-bond donors (Lipinski definition) is 2. The molecule has 9 nitrogen and oxygen atoms in total. The molecule has 1 amide bonds. The Morgan fingerprint density at radius 2 is 1.74 bits per heavy atom. The predicted octanol–water partition coefficient (Wildman–Crippen LogP) is 5.87. The van der Waals surface area contributed by atoms with Crippen LogP contribution in [0.1, 0.15) is 65.7 Å². The summed E-state index contributed by atoms with van der Waals surface area (Å²) < 4.78 is 7.47. The number of carbonyl (C=O) groups is 1. The Balaban J connectivity index is 1.63. The van der Waals surface area contributed by atoms with E-state index in [1.165, 1.54) is 6.07 Å². The third-order valence-corrected chi connectivity index (χ3v) is 7.61. The maximum atomic E-state index is 12.8. The van der Waals surface area contributed by atoms with Crippen LogP contribution in [-0.2, 0) is 4.74 Å². The highest BCUT2D eigenvalue weighted by Crippen LogP contribution is 2.38. The van der Waals surface area contributed by atoms with Crippen molar-refractivity contribution in [2.75, 3.05) is 0 Å². The number of nitriles is 1. The molecule has 2 aromatic carbocycles. The summed E-state index contributed by atoms with van der Waals surface area (Å²) in [7, 11) is 0. The van der Waals surface area contributed by atoms with E-state index < -0.39 is 17.9 Å². The summed E-state index contributed by atoms with van der Waals surface area (Å²) in [5.74, 6) is 1.14. The number of nitrogens with zero attached hydrogens (tertiary/aromatic N) is 5. The van der Waals surface area contributed by atoms with E-state index in [1.807, 2.05) is 41.8 Å². The molecule has 2 N–H and O–H groups in total. The molecule has 0 aliphatic carbocycles. The number of nitrogens with one attached hydrogen (secondary N) is 1. The van der Waals surface area contributed by atoms with Crippen LogP contribution < -0.4 is 5.32 Å². The minimum atomic E-state index is -0.828. The van der Waals surface area contributed by atoms with E-state index in [9.17, 15) is 15.2 Å². The molecular formula is C29H28N6O3S. The van der Waals surface area contributed by atoms with Gasteiger partial charge < -0.3 is 9.84 Å². The SMILES string of the molecule is Cc1sc2c(c1C)C(c1ccc(-c3ccc(O)c(C#N)c3)cc1)=NC(NC(=O)OC(C)(C)C)c1nnc(C)n1-2. The summed E-state index contributed by atoms with van der Waals surface area (Å²) in [6.07, 6.45) is -1.43. The van der Waals surface area contributed by atoms with Crippen molar-refractivity contribution in [3.05, 3.63) is 81.2 Å². The van der Waals surface area contributed by atoms with E-state index in [0.29, 0.717) is 17.4 Å². The van der Waals surface area contributed by atoms with Crippen LogP contribution in [0.3, 0.4) is 0 Å². The topological polar surface area (TPSA) is 125 Å². The summed E-state index contributed by atoms with van der Waals surface area (Å²) in [4.78, 5) is 19.0. The summed E-state index contributed by atoms with van der Waals surface area (Å²) >= 11 is 1.63. The molecule has 4 aromatic rings. The molecule has 2 aromatic heterocycles. The van der Waals surface area contributed by atoms with Crippen LogP contribution in [0.5, 0.6) is 5.75 Å². The fourth-order valence-electron chi connectivity index (χ4n) is 4.46. The zero-order valence-electron chi connectivity index (χ0n) is 22.5. The van der Waals surface area contributed by atoms with Crippen LogP contribution in [0.4, 0.5) is 4.79 Å². The number of rotatable bonds is 3. The minimum Gasteiger partial charge on any atom is -0.507 e. The zero-order valence-corrected chi connectivity index (χ0v) is 23.3. The molecule has 1 atom stereocenters. The molecule has 1 aliphatic heterocycles. The van der Waals surface area contributed by atoms with Crippen LogP contribution in [0.2, 0.25) is 0 Å². The van der Waals surface area contributed by atoms with Gasteiger partial charge in [0.2, 0.25) is 0 Å². The number of phenolic OH excluding ortho intramolecular Hbond substituents is 1. The number of benzene rings is 2. The number of hydrogen-bond acceptors (Lipinski definition) is 8. The van der Waals surface area contributed by atoms with Crippen molar-refractivity contribution in [2.24, 2.45) is 4.99 Å². The third kappa shape index (κ3) is 4.89. The number of alkyl carbamates (subject to hydrolysis) is 1. The molecule has 0 fully saturated rings. The lowest BCUT2D eigenvalue weighted by atomic mass is 9.96. The lowest BCUT2D eigenvalue weighted by Gasteiger charge is -2.21. The monoisotopic (exact) mass is 540 g/mol. The maximum Gasteiger partial charge on any atom is 0.409 e. The van der Waals surface area contributed by atoms with E-state index >= 15 is 0 Å². The molecule has 1 unspecified atom stereocenters. The Morgan fingerprint density at radius 1 is 1.08 bits per heavy atom. The van der Waals surface area contributed by atoms with E-state index in [2.05, 4.69) is 29.4 Å². The molecule has 198 valence electrons. The quantitative estimate of drug-likeness (QED) is 0.335. The largest absolute Gasteiger partial charge is 0.507 e. The van der Waals surface area contributed by atoms with Crippen LogP contribution in [0.25, 0.3) is 16.1 Å². The first-order valence-electron chi connectivity index (χ1n) is 12.4. The molecule has 10 heteroatoms. The third-order valence-electron chi connectivity index (χ3n) is 6.42. The molecular weight excluding hydrogens is 512 g/mol. The van der Waals surface area contributed by atoms with Crippen molar-refractivity contribution in [3.63, 3.8) is 0 Å². The van der Waals surface area contributed by atoms with Crippen molar-refractivity contribution in [1.29, 1.82) is 5.26 Å². The van der Waals surface area contributed by atoms with Crippen LogP contribution in [-0.4, -0.2) is 37.3 Å². The summed E-state index contributed by atoms with van der Waals surface area (Å²) in [6, 6.07) is 14.8. The van der Waals surface area contributed by atoms with E-state index in [4.69, 9.17) is 9.73 Å². The molecule has 0 radical (unpaired) electrons. The van der Waals surface area contributed by atoms with Gasteiger partial charge in [-0.1, -0.05) is 30.3 Å². The van der Waals surface area contributed by atoms with Crippen molar-refractivity contribution in [1.82, 2.24) is 20.1 Å². The minimum absolute atomic E-state index is 0.0488. The molecule has 0 saturated carbocycles. The highest BCUT2D eigenvalue weighted by Gasteiger charge is 2.33. The Hall–Kier alpha value is -4.49. The second kappa shape index (κ2) is 9.67. The standard InChI is InChI=1S/C29H28N6O3S/c1-15-16(2)39-27-23(15)24(19-9-7-18(8-10-19)20-11-12-22(36)21(13-20)14-30)31-25(26-34-33-17(3)35(26)27)32-28(37)38-29(4,5)6/h7-13,25,36H,1-6H3,(H,32,37). The Morgan fingerprint density at radius 3 is 2.41 bits per heavy atom. The number of aromatic nitrogens is 3. The first-order chi connectivity index (χ1) is 18.5. The lowest BCUT2D eigenvalue weighted by Crippen LogP contribution is -2.35. The van der Waals surface area contributed by atoms with Crippen LogP contribution in [0, 0.1) is 32.1 Å². The maximum absolute atomic E-state index is 12.8. The number of thiophene rings is 1. The van der Waals surface area contributed by atoms with E-state index in [0.717, 1.165) is 37.7 Å². The second-order valence-electron chi connectivity index (χ2n) is 10.4. The average molecular weight is 541 g/mol. The molecule has 3 heterocycles. The Labute approximate surface area is 230 Å². The van der Waals surface area contributed by atoms with Crippen molar-refractivity contribution < 1.29 is 14.6 Å². The Bertz CT molecular complexity index is 1670. The number of aliphatic imine (C=N–C) groups is 1.